The highest BCUT2D eigenvalue weighted by molar-refractivity contribution is 5.93. The molecule has 0 spiro atoms. The molecule has 1 aromatic rings. The van der Waals surface area contributed by atoms with E-state index in [0.717, 1.165) is 5.69 Å². The van der Waals surface area contributed by atoms with E-state index in [1.807, 2.05) is 4.90 Å². The van der Waals surface area contributed by atoms with Crippen molar-refractivity contribution in [3.63, 3.8) is 0 Å². The van der Waals surface area contributed by atoms with Crippen LogP contribution in [0.4, 0.5) is 11.4 Å². The van der Waals surface area contributed by atoms with Gasteiger partial charge >= 0.3 is 0 Å². The Morgan fingerprint density at radius 1 is 1.30 bits per heavy atom. The number of aliphatic hydroxyl groups excluding tert-OH is 3. The van der Waals surface area contributed by atoms with E-state index in [1.165, 1.54) is 6.08 Å². The summed E-state index contributed by atoms with van der Waals surface area (Å²) in [7, 11) is 0. The molecular formula is C16H25N3O4. The van der Waals surface area contributed by atoms with Crippen molar-refractivity contribution < 1.29 is 20.1 Å². The first-order chi connectivity index (χ1) is 11.0. The predicted molar refractivity (Wildman–Crippen MR) is 91.0 cm³/mol. The van der Waals surface area contributed by atoms with E-state index in [2.05, 4.69) is 5.32 Å². The molecule has 0 saturated heterocycles. The second-order valence-electron chi connectivity index (χ2n) is 5.18. The van der Waals surface area contributed by atoms with Crippen LogP contribution in [0.2, 0.25) is 0 Å². The Morgan fingerprint density at radius 2 is 1.96 bits per heavy atom. The first-order valence-electron chi connectivity index (χ1n) is 7.47. The summed E-state index contributed by atoms with van der Waals surface area (Å²) in [6, 6.07) is 4.90. The van der Waals surface area contributed by atoms with E-state index in [1.54, 1.807) is 31.2 Å². The molecule has 7 nitrogen and oxygen atoms in total. The number of amides is 1. The highest BCUT2D eigenvalue weighted by Crippen LogP contribution is 2.24. The molecule has 0 bridgehead atoms. The Balaban J connectivity index is 2.99. The monoisotopic (exact) mass is 323 g/mol. The number of nitrogens with zero attached hydrogens (tertiary/aromatic N) is 1. The van der Waals surface area contributed by atoms with Crippen LogP contribution in [0.1, 0.15) is 12.5 Å². The maximum absolute atomic E-state index is 11.8. The van der Waals surface area contributed by atoms with E-state index < -0.39 is 0 Å². The summed E-state index contributed by atoms with van der Waals surface area (Å²) in [5.41, 5.74) is 7.82. The topological polar surface area (TPSA) is 119 Å². The number of carbonyl (C=O) groups excluding carboxylic acids is 1. The van der Waals surface area contributed by atoms with Crippen LogP contribution in [0, 0.1) is 0 Å². The van der Waals surface area contributed by atoms with Crippen LogP contribution in [0.5, 0.6) is 0 Å². The second kappa shape index (κ2) is 9.83. The van der Waals surface area contributed by atoms with Gasteiger partial charge in [0.15, 0.2) is 0 Å². The number of hydrogen-bond donors (Lipinski definition) is 5. The van der Waals surface area contributed by atoms with Crippen molar-refractivity contribution in [3.05, 3.63) is 29.8 Å². The molecular weight excluding hydrogens is 298 g/mol. The fourth-order valence-electron chi connectivity index (χ4n) is 2.09. The zero-order chi connectivity index (χ0) is 17.2. The van der Waals surface area contributed by atoms with Crippen LogP contribution in [0.3, 0.4) is 0 Å². The van der Waals surface area contributed by atoms with Gasteiger partial charge in [-0.1, -0.05) is 0 Å². The van der Waals surface area contributed by atoms with Gasteiger partial charge in [-0.05, 0) is 31.2 Å². The summed E-state index contributed by atoms with van der Waals surface area (Å²) in [6.45, 7) is 2.17. The summed E-state index contributed by atoms with van der Waals surface area (Å²) in [6.07, 6.45) is 2.98. The van der Waals surface area contributed by atoms with Gasteiger partial charge in [0.05, 0.1) is 19.8 Å². The number of benzene rings is 1. The van der Waals surface area contributed by atoms with Gasteiger partial charge in [0.1, 0.15) is 0 Å². The third-order valence-corrected chi connectivity index (χ3v) is 3.21. The van der Waals surface area contributed by atoms with Crippen molar-refractivity contribution in [2.75, 3.05) is 43.5 Å². The molecule has 6 N–H and O–H groups in total. The number of aliphatic hydroxyl groups is 3. The van der Waals surface area contributed by atoms with Crippen LogP contribution in [-0.2, 0) is 4.79 Å². The maximum Gasteiger partial charge on any atom is 0.244 e. The number of rotatable bonds is 9. The molecule has 1 aromatic carbocycles. The molecule has 0 saturated carbocycles. The van der Waals surface area contributed by atoms with Gasteiger partial charge < -0.3 is 31.3 Å². The number of nitrogens with one attached hydrogen (secondary N) is 1. The van der Waals surface area contributed by atoms with Crippen molar-refractivity contribution >= 4 is 23.4 Å². The van der Waals surface area contributed by atoms with Gasteiger partial charge in [0, 0.05) is 42.1 Å². The van der Waals surface area contributed by atoms with Crippen molar-refractivity contribution in [3.8, 4) is 0 Å². The summed E-state index contributed by atoms with van der Waals surface area (Å²) < 4.78 is 0. The van der Waals surface area contributed by atoms with Crippen molar-refractivity contribution in [2.24, 2.45) is 0 Å². The Morgan fingerprint density at radius 3 is 2.52 bits per heavy atom. The fraction of sp³-hybridized carbons (Fsp3) is 0.438. The average molecular weight is 323 g/mol. The summed E-state index contributed by atoms with van der Waals surface area (Å²) >= 11 is 0. The third-order valence-electron chi connectivity index (χ3n) is 3.21. The quantitative estimate of drug-likeness (QED) is 0.311. The number of carbonyl (C=O) groups is 1. The average Bonchev–Trinajstić information content (AvgIpc) is 2.52. The van der Waals surface area contributed by atoms with Crippen LogP contribution in [-0.4, -0.2) is 60.2 Å². The van der Waals surface area contributed by atoms with Gasteiger partial charge in [-0.25, -0.2) is 0 Å². The summed E-state index contributed by atoms with van der Waals surface area (Å²) in [4.78, 5) is 13.6. The number of nitrogen functional groups attached to an aromatic ring is 1. The van der Waals surface area contributed by atoms with E-state index in [-0.39, 0.29) is 31.8 Å². The summed E-state index contributed by atoms with van der Waals surface area (Å²) in [5, 5.41) is 29.9. The minimum Gasteiger partial charge on any atom is -0.399 e. The Kier molecular flexibility index (Phi) is 8.10. The third kappa shape index (κ3) is 6.27. The zero-order valence-electron chi connectivity index (χ0n) is 13.3. The molecule has 7 heteroatoms. The molecule has 1 rings (SSSR count). The molecule has 0 heterocycles. The van der Waals surface area contributed by atoms with Crippen molar-refractivity contribution in [1.29, 1.82) is 0 Å². The highest BCUT2D eigenvalue weighted by Gasteiger charge is 2.10. The minimum absolute atomic E-state index is 0.0535. The smallest absolute Gasteiger partial charge is 0.244 e. The number of anilines is 2. The van der Waals surface area contributed by atoms with E-state index in [9.17, 15) is 4.79 Å². The molecule has 1 amide bonds. The zero-order valence-corrected chi connectivity index (χ0v) is 13.3. The molecule has 128 valence electrons. The van der Waals surface area contributed by atoms with Gasteiger partial charge in [0.2, 0.25) is 5.91 Å². The van der Waals surface area contributed by atoms with Crippen LogP contribution in [0.25, 0.3) is 6.08 Å². The largest absolute Gasteiger partial charge is 0.399 e. The maximum atomic E-state index is 11.8. The first kappa shape index (κ1) is 19.0. The van der Waals surface area contributed by atoms with Crippen molar-refractivity contribution in [2.45, 2.75) is 13.0 Å². The lowest BCUT2D eigenvalue weighted by atomic mass is 10.1. The molecule has 0 radical (unpaired) electrons. The lowest BCUT2D eigenvalue weighted by Crippen LogP contribution is -2.33. The van der Waals surface area contributed by atoms with E-state index in [0.29, 0.717) is 24.3 Å². The van der Waals surface area contributed by atoms with Gasteiger partial charge in [-0.3, -0.25) is 4.79 Å². The van der Waals surface area contributed by atoms with E-state index in [4.69, 9.17) is 21.1 Å². The molecule has 0 aromatic heterocycles. The molecule has 0 aliphatic rings. The Labute approximate surface area is 136 Å². The molecule has 0 aliphatic heterocycles. The molecule has 23 heavy (non-hydrogen) atoms. The minimum atomic E-state index is -0.326. The number of hydrogen-bond acceptors (Lipinski definition) is 6. The fourth-order valence-corrected chi connectivity index (χ4v) is 2.09. The first-order valence-corrected chi connectivity index (χ1v) is 7.47. The van der Waals surface area contributed by atoms with Gasteiger partial charge in [-0.2, -0.15) is 0 Å². The van der Waals surface area contributed by atoms with Crippen LogP contribution >= 0.6 is 0 Å². The summed E-state index contributed by atoms with van der Waals surface area (Å²) in [5.74, 6) is -0.323. The predicted octanol–water partition coefficient (Wildman–Crippen LogP) is -0.430. The lowest BCUT2D eigenvalue weighted by molar-refractivity contribution is -0.117. The normalized spacial score (nSPS) is 12.3. The van der Waals surface area contributed by atoms with Gasteiger partial charge in [-0.15, -0.1) is 0 Å². The van der Waals surface area contributed by atoms with Crippen LogP contribution < -0.4 is 16.0 Å². The van der Waals surface area contributed by atoms with Gasteiger partial charge in [0.25, 0.3) is 0 Å². The van der Waals surface area contributed by atoms with E-state index >= 15 is 0 Å². The lowest BCUT2D eigenvalue weighted by Gasteiger charge is -2.25. The molecule has 1 atom stereocenters. The Bertz CT molecular complexity index is 528. The molecule has 0 fully saturated rings. The second-order valence-corrected chi connectivity index (χ2v) is 5.18. The highest BCUT2D eigenvalue weighted by atomic mass is 16.3. The Hall–Kier alpha value is -2.09. The standard InChI is InChI=1S/C16H25N3O4/c1-12(11-22)18-16(23)5-2-13-10-14(17)3-4-15(13)19(6-8-20)7-9-21/h2-5,10,12,20-22H,6-9,11,17H2,1H3,(H,18,23). The molecule has 0 aliphatic carbocycles. The molecule has 1 unspecified atom stereocenters. The SMILES string of the molecule is CC(CO)NC(=O)C=Cc1cc(N)ccc1N(CCO)CCO. The van der Waals surface area contributed by atoms with Crippen LogP contribution in [0.15, 0.2) is 24.3 Å². The van der Waals surface area contributed by atoms with Crippen molar-refractivity contribution in [1.82, 2.24) is 5.32 Å². The number of nitrogens with two attached hydrogens (primary N) is 1.